The zero-order valence-electron chi connectivity index (χ0n) is 12.6. The van der Waals surface area contributed by atoms with Gasteiger partial charge in [0.2, 0.25) is 0 Å². The Labute approximate surface area is 134 Å². The van der Waals surface area contributed by atoms with E-state index in [1.54, 1.807) is 36.0 Å². The van der Waals surface area contributed by atoms with E-state index in [0.29, 0.717) is 23.5 Å². The van der Waals surface area contributed by atoms with E-state index in [-0.39, 0.29) is 5.97 Å². The number of nitriles is 1. The molecule has 112 valence electrons. The van der Waals surface area contributed by atoms with Crippen LogP contribution in [-0.4, -0.2) is 11.7 Å². The summed E-state index contributed by atoms with van der Waals surface area (Å²) in [6.45, 7) is 4.16. The van der Waals surface area contributed by atoms with E-state index in [1.165, 1.54) is 11.1 Å². The summed E-state index contributed by atoms with van der Waals surface area (Å²) in [6, 6.07) is 14.9. The number of esters is 1. The molecule has 4 heteroatoms. The maximum atomic E-state index is 11.8. The number of rotatable bonds is 5. The lowest BCUT2D eigenvalue weighted by Gasteiger charge is -2.06. The van der Waals surface area contributed by atoms with Crippen molar-refractivity contribution in [1.29, 1.82) is 5.26 Å². The van der Waals surface area contributed by atoms with Crippen LogP contribution in [0.1, 0.15) is 23.1 Å². The third-order valence-electron chi connectivity index (χ3n) is 3.25. The molecule has 0 heterocycles. The number of benzene rings is 2. The first kappa shape index (κ1) is 16.1. The van der Waals surface area contributed by atoms with Gasteiger partial charge in [-0.05, 0) is 55.3 Å². The molecule has 0 bridgehead atoms. The van der Waals surface area contributed by atoms with Gasteiger partial charge >= 0.3 is 5.97 Å². The average Bonchev–Trinajstić information content (AvgIpc) is 2.51. The fraction of sp³-hybridized carbons (Fsp3) is 0.222. The number of carbonyl (C=O) groups is 1. The molecule has 0 amide bonds. The van der Waals surface area contributed by atoms with E-state index in [4.69, 9.17) is 10.00 Å². The topological polar surface area (TPSA) is 50.1 Å². The van der Waals surface area contributed by atoms with Gasteiger partial charge < -0.3 is 4.74 Å². The summed E-state index contributed by atoms with van der Waals surface area (Å²) in [7, 11) is 0. The standard InChI is InChI=1S/C18H17NO2S/c1-13-6-7-17(10-14(13)2)22-9-8-18(20)21-16-5-3-4-15(11-16)12-19/h3-7,10-11H,8-9H2,1-2H3. The monoisotopic (exact) mass is 311 g/mol. The highest BCUT2D eigenvalue weighted by Crippen LogP contribution is 2.22. The molecule has 2 aromatic rings. The summed E-state index contributed by atoms with van der Waals surface area (Å²) >= 11 is 1.64. The quantitative estimate of drug-likeness (QED) is 0.470. The molecule has 2 rings (SSSR count). The fourth-order valence-corrected chi connectivity index (χ4v) is 2.80. The van der Waals surface area contributed by atoms with Crippen molar-refractivity contribution in [3.05, 3.63) is 59.2 Å². The van der Waals surface area contributed by atoms with E-state index in [2.05, 4.69) is 32.0 Å². The van der Waals surface area contributed by atoms with Gasteiger partial charge in [0.1, 0.15) is 5.75 Å². The van der Waals surface area contributed by atoms with Gasteiger partial charge in [-0.15, -0.1) is 11.8 Å². The summed E-state index contributed by atoms with van der Waals surface area (Å²) in [4.78, 5) is 13.0. The van der Waals surface area contributed by atoms with Crippen molar-refractivity contribution in [3.63, 3.8) is 0 Å². The zero-order chi connectivity index (χ0) is 15.9. The molecular formula is C18H17NO2S. The highest BCUT2D eigenvalue weighted by atomic mass is 32.2. The molecule has 2 aromatic carbocycles. The van der Waals surface area contributed by atoms with Crippen LogP contribution in [0.2, 0.25) is 0 Å². The Kier molecular flexibility index (Phi) is 5.62. The van der Waals surface area contributed by atoms with E-state index < -0.39 is 0 Å². The first-order valence-electron chi connectivity index (χ1n) is 6.99. The van der Waals surface area contributed by atoms with Gasteiger partial charge in [-0.3, -0.25) is 4.79 Å². The second-order valence-corrected chi connectivity index (χ2v) is 6.13. The van der Waals surface area contributed by atoms with Crippen molar-refractivity contribution < 1.29 is 9.53 Å². The van der Waals surface area contributed by atoms with Crippen LogP contribution in [-0.2, 0) is 4.79 Å². The van der Waals surface area contributed by atoms with Crippen molar-refractivity contribution in [2.45, 2.75) is 25.2 Å². The molecule has 0 aliphatic rings. The fourth-order valence-electron chi connectivity index (χ4n) is 1.87. The molecular weight excluding hydrogens is 294 g/mol. The molecule has 0 saturated heterocycles. The average molecular weight is 311 g/mol. The minimum atomic E-state index is -0.286. The second kappa shape index (κ2) is 7.67. The summed E-state index contributed by atoms with van der Waals surface area (Å²) in [5.74, 6) is 0.797. The van der Waals surface area contributed by atoms with Crippen molar-refractivity contribution >= 4 is 17.7 Å². The molecule has 0 saturated carbocycles. The van der Waals surface area contributed by atoms with Crippen molar-refractivity contribution in [3.8, 4) is 11.8 Å². The molecule has 0 aliphatic heterocycles. The van der Waals surface area contributed by atoms with E-state index >= 15 is 0 Å². The summed E-state index contributed by atoms with van der Waals surface area (Å²) in [5, 5.41) is 8.81. The number of thioether (sulfide) groups is 1. The lowest BCUT2D eigenvalue weighted by atomic mass is 10.1. The SMILES string of the molecule is Cc1ccc(SCCC(=O)Oc2cccc(C#N)c2)cc1C. The van der Waals surface area contributed by atoms with Crippen LogP contribution < -0.4 is 4.74 Å². The van der Waals surface area contributed by atoms with Crippen LogP contribution in [0.5, 0.6) is 5.75 Å². The normalized spacial score (nSPS) is 10.0. The highest BCUT2D eigenvalue weighted by Gasteiger charge is 2.06. The van der Waals surface area contributed by atoms with Gasteiger partial charge in [0, 0.05) is 10.6 Å². The highest BCUT2D eigenvalue weighted by molar-refractivity contribution is 7.99. The van der Waals surface area contributed by atoms with Gasteiger partial charge in [0.25, 0.3) is 0 Å². The van der Waals surface area contributed by atoms with Crippen LogP contribution in [0.3, 0.4) is 0 Å². The van der Waals surface area contributed by atoms with Crippen molar-refractivity contribution in [2.24, 2.45) is 0 Å². The first-order valence-corrected chi connectivity index (χ1v) is 7.98. The Bertz CT molecular complexity index is 719. The third-order valence-corrected chi connectivity index (χ3v) is 4.24. The Morgan fingerprint density at radius 3 is 2.73 bits per heavy atom. The molecule has 0 fully saturated rings. The number of nitrogens with zero attached hydrogens (tertiary/aromatic N) is 1. The van der Waals surface area contributed by atoms with Crippen LogP contribution in [0.4, 0.5) is 0 Å². The van der Waals surface area contributed by atoms with Gasteiger partial charge in [0.05, 0.1) is 18.1 Å². The van der Waals surface area contributed by atoms with Crippen molar-refractivity contribution in [1.82, 2.24) is 0 Å². The zero-order valence-corrected chi connectivity index (χ0v) is 13.4. The number of aryl methyl sites for hydroxylation is 2. The summed E-state index contributed by atoms with van der Waals surface area (Å²) in [5.41, 5.74) is 3.00. The van der Waals surface area contributed by atoms with Gasteiger partial charge in [-0.2, -0.15) is 5.26 Å². The Hall–Kier alpha value is -2.25. The van der Waals surface area contributed by atoms with Gasteiger partial charge in [-0.1, -0.05) is 12.1 Å². The largest absolute Gasteiger partial charge is 0.426 e. The smallest absolute Gasteiger partial charge is 0.312 e. The van der Waals surface area contributed by atoms with Crippen LogP contribution in [0.25, 0.3) is 0 Å². The molecule has 0 aliphatic carbocycles. The molecule has 22 heavy (non-hydrogen) atoms. The second-order valence-electron chi connectivity index (χ2n) is 4.96. The van der Waals surface area contributed by atoms with Crippen LogP contribution in [0, 0.1) is 25.2 Å². The molecule has 0 N–H and O–H groups in total. The Morgan fingerprint density at radius 2 is 2.00 bits per heavy atom. The number of ether oxygens (including phenoxy) is 1. The predicted molar refractivity (Wildman–Crippen MR) is 88.0 cm³/mol. The molecule has 0 radical (unpaired) electrons. The lowest BCUT2D eigenvalue weighted by Crippen LogP contribution is -2.08. The van der Waals surface area contributed by atoms with Gasteiger partial charge in [0.15, 0.2) is 0 Å². The number of hydrogen-bond acceptors (Lipinski definition) is 4. The summed E-state index contributed by atoms with van der Waals surface area (Å²) < 4.78 is 5.23. The summed E-state index contributed by atoms with van der Waals surface area (Å²) in [6.07, 6.45) is 0.328. The molecule has 0 spiro atoms. The molecule has 0 unspecified atom stereocenters. The lowest BCUT2D eigenvalue weighted by molar-refractivity contribution is -0.133. The molecule has 0 atom stereocenters. The molecule has 0 aromatic heterocycles. The van der Waals surface area contributed by atoms with Crippen molar-refractivity contribution in [2.75, 3.05) is 5.75 Å². The minimum Gasteiger partial charge on any atom is -0.426 e. The third kappa shape index (κ3) is 4.64. The minimum absolute atomic E-state index is 0.286. The maximum Gasteiger partial charge on any atom is 0.312 e. The maximum absolute atomic E-state index is 11.8. The van der Waals surface area contributed by atoms with Crippen LogP contribution in [0.15, 0.2) is 47.4 Å². The van der Waals surface area contributed by atoms with Crippen LogP contribution >= 0.6 is 11.8 Å². The molecule has 3 nitrogen and oxygen atoms in total. The first-order chi connectivity index (χ1) is 10.6. The Balaban J connectivity index is 1.82. The van der Waals surface area contributed by atoms with E-state index in [9.17, 15) is 4.79 Å². The predicted octanol–water partition coefficient (Wildman–Crippen LogP) is 4.26. The number of carbonyl (C=O) groups excluding carboxylic acids is 1. The Morgan fingerprint density at radius 1 is 1.18 bits per heavy atom. The van der Waals surface area contributed by atoms with Gasteiger partial charge in [-0.25, -0.2) is 0 Å². The number of hydrogen-bond donors (Lipinski definition) is 0. The van der Waals surface area contributed by atoms with E-state index in [0.717, 1.165) is 4.90 Å². The van der Waals surface area contributed by atoms with E-state index in [1.807, 2.05) is 6.07 Å².